The predicted octanol–water partition coefficient (Wildman–Crippen LogP) is 4.00. The number of fused-ring (bicyclic) bond motifs is 1. The van der Waals surface area contributed by atoms with Crippen LogP contribution in [0, 0.1) is 16.7 Å². The van der Waals surface area contributed by atoms with Crippen molar-refractivity contribution < 1.29 is 29.9 Å². The highest BCUT2D eigenvalue weighted by Crippen LogP contribution is 2.61. The minimum Gasteiger partial charge on any atom is -0.465 e. The van der Waals surface area contributed by atoms with Crippen molar-refractivity contribution in [1.29, 1.82) is 0 Å². The normalized spacial score (nSPS) is 41.8. The Kier molecular flexibility index (Phi) is 5.24. The first-order valence-electron chi connectivity index (χ1n) is 11.2. The van der Waals surface area contributed by atoms with Gasteiger partial charge in [-0.05, 0) is 47.0 Å². The minimum atomic E-state index is -1.47. The summed E-state index contributed by atoms with van der Waals surface area (Å²) in [7, 11) is 0. The van der Waals surface area contributed by atoms with E-state index in [1.807, 2.05) is 20.8 Å². The zero-order valence-corrected chi connectivity index (χ0v) is 18.2. The number of ether oxygens (including phenoxy) is 4. The van der Waals surface area contributed by atoms with Gasteiger partial charge in [0.05, 0.1) is 26.3 Å². The molecule has 6 heteroatoms. The molecule has 1 heterocycles. The van der Waals surface area contributed by atoms with Gasteiger partial charge in [-0.25, -0.2) is 0 Å². The molecule has 2 saturated carbocycles. The number of carbonyl (C=O) groups is 2. The lowest BCUT2D eigenvalue weighted by Gasteiger charge is -2.60. The third-order valence-corrected chi connectivity index (χ3v) is 7.28. The Balaban J connectivity index is 2.04. The highest BCUT2D eigenvalue weighted by Gasteiger charge is 2.69. The lowest BCUT2D eigenvalue weighted by Crippen LogP contribution is -2.65. The molecule has 160 valence electrons. The Hall–Kier alpha value is -1.14. The van der Waals surface area contributed by atoms with Gasteiger partial charge in [0.25, 0.3) is 0 Å². The van der Waals surface area contributed by atoms with Crippen LogP contribution in [0.4, 0.5) is 0 Å². The predicted molar refractivity (Wildman–Crippen MR) is 103 cm³/mol. The van der Waals surface area contributed by atoms with Crippen molar-refractivity contribution in [3.63, 3.8) is 0 Å². The van der Waals surface area contributed by atoms with Gasteiger partial charge in [0.2, 0.25) is 0 Å². The van der Waals surface area contributed by atoms with Gasteiger partial charge in [-0.15, -0.1) is 0 Å². The number of rotatable bonds is 4. The van der Waals surface area contributed by atoms with E-state index in [1.54, 1.807) is 13.8 Å². The van der Waals surface area contributed by atoms with Gasteiger partial charge in [0.15, 0.2) is 11.2 Å². The number of hydrogen-bond donors (Lipinski definition) is 0. The summed E-state index contributed by atoms with van der Waals surface area (Å²) in [5.41, 5.74) is -2.61. The number of hydrogen-bond acceptors (Lipinski definition) is 6. The minimum absolute atomic E-state index is 0.0129. The van der Waals surface area contributed by atoms with Crippen LogP contribution in [0.2, 0.25) is 0 Å². The van der Waals surface area contributed by atoms with Crippen molar-refractivity contribution in [1.82, 2.24) is 0 Å². The number of esters is 2. The molecular formula is C22H36O6. The van der Waals surface area contributed by atoms with Crippen molar-refractivity contribution in [3.8, 4) is 0 Å². The molecule has 4 atom stereocenters. The number of carbonyl (C=O) groups excluding carboxylic acids is 2. The molecule has 0 bridgehead atoms. The van der Waals surface area contributed by atoms with Crippen LogP contribution in [0.5, 0.6) is 0 Å². The van der Waals surface area contributed by atoms with Crippen molar-refractivity contribution >= 4 is 11.9 Å². The van der Waals surface area contributed by atoms with Crippen molar-refractivity contribution in [2.75, 3.05) is 13.2 Å². The van der Waals surface area contributed by atoms with Gasteiger partial charge < -0.3 is 18.9 Å². The Labute approximate surface area is 170 Å². The average molecular weight is 398 g/mol. The lowest BCUT2D eigenvalue weighted by atomic mass is 9.62. The Morgan fingerprint density at radius 2 is 1.71 bits per heavy atom. The summed E-state index contributed by atoms with van der Waals surface area (Å²) < 4.78 is 33.0. The third-order valence-electron chi connectivity index (χ3n) is 7.28. The maximum Gasteiger partial charge on any atom is 0.323 e. The Morgan fingerprint density at radius 3 is 2.29 bits per heavy atom. The van der Waals surface area contributed by atoms with E-state index in [0.717, 1.165) is 19.3 Å². The van der Waals surface area contributed by atoms with Crippen molar-refractivity contribution in [3.05, 3.63) is 0 Å². The quantitative estimate of drug-likeness (QED) is 0.527. The molecule has 0 aromatic rings. The largest absolute Gasteiger partial charge is 0.465 e. The summed E-state index contributed by atoms with van der Waals surface area (Å²) in [5, 5.41) is 0. The standard InChI is InChI=1S/C22H36O6/c1-7-25-17(23)21(18(24)26-8-2)13-15(3)22(14-21)27-16-11-9-10-12-20(16,6)19(4,5)28-22/h15-16H,7-14H2,1-6H3/t15-,16-,20+,22-/m0/s1/i16D. The fourth-order valence-corrected chi connectivity index (χ4v) is 5.31. The monoisotopic (exact) mass is 397 g/mol. The Bertz CT molecular complexity index is 660. The van der Waals surface area contributed by atoms with Crippen molar-refractivity contribution in [2.24, 2.45) is 16.7 Å². The maximum atomic E-state index is 13.0. The van der Waals surface area contributed by atoms with E-state index in [-0.39, 0.29) is 32.0 Å². The van der Waals surface area contributed by atoms with Crippen LogP contribution in [0.15, 0.2) is 0 Å². The zero-order valence-electron chi connectivity index (χ0n) is 19.2. The molecule has 3 rings (SSSR count). The first kappa shape index (κ1) is 20.1. The SMILES string of the molecule is [2H][C@]12CCCC[C@@]1(C)C(C)(C)O[C@]1(CC(C(=O)OCC)(C(=O)OCC)C[C@@H]1C)O2. The fraction of sp³-hybridized carbons (Fsp3) is 0.909. The summed E-state index contributed by atoms with van der Waals surface area (Å²) in [6, 6.07) is 0. The Morgan fingerprint density at radius 1 is 1.11 bits per heavy atom. The van der Waals surface area contributed by atoms with Gasteiger partial charge >= 0.3 is 11.9 Å². The second-order valence-electron chi connectivity index (χ2n) is 9.29. The van der Waals surface area contributed by atoms with Gasteiger partial charge in [0.1, 0.15) is 0 Å². The van der Waals surface area contributed by atoms with Gasteiger partial charge in [-0.1, -0.05) is 26.7 Å². The highest BCUT2D eigenvalue weighted by atomic mass is 16.7. The first-order chi connectivity index (χ1) is 13.4. The van der Waals surface area contributed by atoms with E-state index in [0.29, 0.717) is 6.42 Å². The summed E-state index contributed by atoms with van der Waals surface area (Å²) in [4.78, 5) is 25.9. The fourth-order valence-electron chi connectivity index (χ4n) is 5.31. The van der Waals surface area contributed by atoms with Crippen LogP contribution < -0.4 is 0 Å². The molecule has 1 spiro atoms. The molecule has 0 amide bonds. The smallest absolute Gasteiger partial charge is 0.323 e. The molecule has 1 saturated heterocycles. The second kappa shape index (κ2) is 7.28. The first-order valence-corrected chi connectivity index (χ1v) is 10.7. The molecule has 3 fully saturated rings. The van der Waals surface area contributed by atoms with Crippen molar-refractivity contribution in [2.45, 2.75) is 97.5 Å². The van der Waals surface area contributed by atoms with Crippen LogP contribution in [-0.4, -0.2) is 42.6 Å². The maximum absolute atomic E-state index is 13.0. The molecule has 28 heavy (non-hydrogen) atoms. The molecule has 1 aliphatic heterocycles. The van der Waals surface area contributed by atoms with E-state index in [4.69, 9.17) is 18.9 Å². The van der Waals surface area contributed by atoms with E-state index in [1.165, 1.54) is 0 Å². The molecule has 0 radical (unpaired) electrons. The van der Waals surface area contributed by atoms with Crippen LogP contribution in [0.3, 0.4) is 0 Å². The summed E-state index contributed by atoms with van der Waals surface area (Å²) in [5.74, 6) is -2.67. The van der Waals surface area contributed by atoms with Gasteiger partial charge in [-0.2, -0.15) is 0 Å². The lowest BCUT2D eigenvalue weighted by molar-refractivity contribution is -0.403. The molecule has 0 aromatic carbocycles. The van der Waals surface area contributed by atoms with E-state index >= 15 is 0 Å². The highest BCUT2D eigenvalue weighted by molar-refractivity contribution is 6.00. The van der Waals surface area contributed by atoms with Crippen LogP contribution in [0.25, 0.3) is 0 Å². The molecule has 3 aliphatic rings. The third kappa shape index (κ3) is 3.07. The van der Waals surface area contributed by atoms with Crippen LogP contribution >= 0.6 is 0 Å². The van der Waals surface area contributed by atoms with Gasteiger partial charge in [0, 0.05) is 17.8 Å². The molecule has 6 nitrogen and oxygen atoms in total. The molecule has 0 unspecified atom stereocenters. The average Bonchev–Trinajstić information content (AvgIpc) is 2.90. The molecule has 2 aliphatic carbocycles. The second-order valence-corrected chi connectivity index (χ2v) is 9.29. The topological polar surface area (TPSA) is 71.1 Å². The van der Waals surface area contributed by atoms with Crippen LogP contribution in [0.1, 0.15) is 81.4 Å². The molecule has 0 N–H and O–H groups in total. The summed E-state index contributed by atoms with van der Waals surface area (Å²) in [6.45, 7) is 11.8. The van der Waals surface area contributed by atoms with E-state index in [9.17, 15) is 11.0 Å². The van der Waals surface area contributed by atoms with Gasteiger partial charge in [-0.3, -0.25) is 9.59 Å². The summed E-state index contributed by atoms with van der Waals surface area (Å²) >= 11 is 0. The van der Waals surface area contributed by atoms with E-state index < -0.39 is 40.2 Å². The summed E-state index contributed by atoms with van der Waals surface area (Å²) in [6.07, 6.45) is 2.49. The van der Waals surface area contributed by atoms with Crippen LogP contribution in [-0.2, 0) is 28.5 Å². The molecular weight excluding hydrogens is 360 g/mol. The molecule has 0 aromatic heterocycles. The van der Waals surface area contributed by atoms with E-state index in [2.05, 4.69) is 6.92 Å². The zero-order chi connectivity index (χ0) is 21.7.